The largest absolute Gasteiger partial charge is 0.313 e. The van der Waals surface area contributed by atoms with E-state index in [1.807, 2.05) is 6.92 Å². The molecule has 6 heteroatoms. The molecule has 15 heavy (non-hydrogen) atoms. The van der Waals surface area contributed by atoms with E-state index >= 15 is 0 Å². The van der Waals surface area contributed by atoms with Crippen LogP contribution in [0.3, 0.4) is 0 Å². The van der Waals surface area contributed by atoms with Crippen molar-refractivity contribution in [1.29, 1.82) is 0 Å². The zero-order valence-corrected chi connectivity index (χ0v) is 9.51. The van der Waals surface area contributed by atoms with Gasteiger partial charge in [-0.3, -0.25) is 9.52 Å². The van der Waals surface area contributed by atoms with Crippen molar-refractivity contribution < 1.29 is 13.2 Å². The van der Waals surface area contributed by atoms with Gasteiger partial charge in [-0.1, -0.05) is 0 Å². The molecule has 0 aromatic rings. The second kappa shape index (κ2) is 3.75. The van der Waals surface area contributed by atoms with Crippen LogP contribution in [-0.4, -0.2) is 32.2 Å². The van der Waals surface area contributed by atoms with Crippen molar-refractivity contribution in [3.8, 4) is 0 Å². The van der Waals surface area contributed by atoms with Crippen molar-refractivity contribution in [3.05, 3.63) is 0 Å². The molecule has 1 saturated heterocycles. The maximum atomic E-state index is 11.7. The number of carbonyl (C=O) groups excluding carboxylic acids is 1. The number of nitrogens with one attached hydrogen (secondary N) is 2. The molecule has 1 saturated carbocycles. The second-order valence-corrected chi connectivity index (χ2v) is 6.31. The molecular weight excluding hydrogens is 216 g/mol. The minimum atomic E-state index is -3.37. The standard InChI is InChI=1S/C9H16N2O3S/c1-6-8(4-5-10-6)9(12)11-15(13,14)7-2-3-7/h6-8,10H,2-5H2,1H3,(H,11,12). The Balaban J connectivity index is 1.97. The van der Waals surface area contributed by atoms with E-state index in [0.717, 1.165) is 6.54 Å². The highest BCUT2D eigenvalue weighted by Gasteiger charge is 2.39. The Hall–Kier alpha value is -0.620. The quantitative estimate of drug-likeness (QED) is 0.694. The van der Waals surface area contributed by atoms with Crippen LogP contribution in [0.1, 0.15) is 26.2 Å². The fourth-order valence-corrected chi connectivity index (χ4v) is 3.25. The molecule has 86 valence electrons. The Labute approximate surface area is 89.7 Å². The van der Waals surface area contributed by atoms with Crippen molar-refractivity contribution in [2.45, 2.75) is 37.5 Å². The highest BCUT2D eigenvalue weighted by atomic mass is 32.2. The van der Waals surface area contributed by atoms with Gasteiger partial charge in [-0.25, -0.2) is 8.42 Å². The number of rotatable bonds is 3. The lowest BCUT2D eigenvalue weighted by Crippen LogP contribution is -2.41. The number of hydrogen-bond donors (Lipinski definition) is 2. The first-order chi connectivity index (χ1) is 7.00. The molecule has 0 radical (unpaired) electrons. The van der Waals surface area contributed by atoms with Crippen molar-refractivity contribution in [3.63, 3.8) is 0 Å². The minimum absolute atomic E-state index is 0.0689. The first-order valence-electron chi connectivity index (χ1n) is 5.29. The summed E-state index contributed by atoms with van der Waals surface area (Å²) in [5.74, 6) is -0.557. The van der Waals surface area contributed by atoms with Crippen LogP contribution in [-0.2, 0) is 14.8 Å². The molecular formula is C9H16N2O3S. The summed E-state index contributed by atoms with van der Waals surface area (Å²) in [4.78, 5) is 11.7. The second-order valence-electron chi connectivity index (χ2n) is 4.35. The highest BCUT2D eigenvalue weighted by molar-refractivity contribution is 7.90. The molecule has 2 unspecified atom stereocenters. The third-order valence-electron chi connectivity index (χ3n) is 3.07. The minimum Gasteiger partial charge on any atom is -0.313 e. The van der Waals surface area contributed by atoms with Crippen LogP contribution in [0.15, 0.2) is 0 Å². The molecule has 2 aliphatic rings. The summed E-state index contributed by atoms with van der Waals surface area (Å²) < 4.78 is 25.2. The lowest BCUT2D eigenvalue weighted by Gasteiger charge is -2.14. The van der Waals surface area contributed by atoms with Gasteiger partial charge < -0.3 is 5.32 Å². The predicted octanol–water partition coefficient (Wildman–Crippen LogP) is -0.407. The summed E-state index contributed by atoms with van der Waals surface area (Å²) in [5, 5.41) is 2.80. The monoisotopic (exact) mass is 232 g/mol. The zero-order valence-electron chi connectivity index (χ0n) is 8.69. The van der Waals surface area contributed by atoms with E-state index in [0.29, 0.717) is 19.3 Å². The van der Waals surface area contributed by atoms with E-state index in [1.54, 1.807) is 0 Å². The molecule has 0 aromatic carbocycles. The van der Waals surface area contributed by atoms with Gasteiger partial charge >= 0.3 is 0 Å². The predicted molar refractivity (Wildman–Crippen MR) is 55.7 cm³/mol. The van der Waals surface area contributed by atoms with Crippen LogP contribution in [0.25, 0.3) is 0 Å². The van der Waals surface area contributed by atoms with Gasteiger partial charge in [-0.2, -0.15) is 0 Å². The van der Waals surface area contributed by atoms with Crippen LogP contribution in [0.2, 0.25) is 0 Å². The van der Waals surface area contributed by atoms with Crippen LogP contribution in [0.5, 0.6) is 0 Å². The van der Waals surface area contributed by atoms with Crippen LogP contribution in [0, 0.1) is 5.92 Å². The Bertz CT molecular complexity index is 362. The van der Waals surface area contributed by atoms with Gasteiger partial charge in [0.2, 0.25) is 15.9 Å². The molecule has 1 heterocycles. The lowest BCUT2D eigenvalue weighted by atomic mass is 10.0. The Morgan fingerprint density at radius 1 is 1.33 bits per heavy atom. The third-order valence-corrected chi connectivity index (χ3v) is 4.90. The van der Waals surface area contributed by atoms with Crippen molar-refractivity contribution in [2.75, 3.05) is 6.54 Å². The number of amides is 1. The van der Waals surface area contributed by atoms with Crippen molar-refractivity contribution in [1.82, 2.24) is 10.0 Å². The molecule has 2 rings (SSSR count). The molecule has 1 aliphatic carbocycles. The fraction of sp³-hybridized carbons (Fsp3) is 0.889. The number of hydrogen-bond acceptors (Lipinski definition) is 4. The summed E-state index contributed by atoms with van der Waals surface area (Å²) in [6, 6.07) is 0.0689. The van der Waals surface area contributed by atoms with Gasteiger partial charge in [0.1, 0.15) is 0 Å². The lowest BCUT2D eigenvalue weighted by molar-refractivity contribution is -0.123. The van der Waals surface area contributed by atoms with Crippen LogP contribution >= 0.6 is 0 Å². The first-order valence-corrected chi connectivity index (χ1v) is 6.84. The topological polar surface area (TPSA) is 75.3 Å². The van der Waals surface area contributed by atoms with Gasteiger partial charge in [-0.15, -0.1) is 0 Å². The van der Waals surface area contributed by atoms with Gasteiger partial charge in [0, 0.05) is 6.04 Å². The van der Waals surface area contributed by atoms with Gasteiger partial charge in [-0.05, 0) is 32.7 Å². The average Bonchev–Trinajstić information content (AvgIpc) is 2.89. The van der Waals surface area contributed by atoms with E-state index in [2.05, 4.69) is 10.0 Å². The molecule has 1 aliphatic heterocycles. The van der Waals surface area contributed by atoms with Gasteiger partial charge in [0.05, 0.1) is 11.2 Å². The Kier molecular flexibility index (Phi) is 2.72. The van der Waals surface area contributed by atoms with Gasteiger partial charge in [0.25, 0.3) is 0 Å². The van der Waals surface area contributed by atoms with Crippen LogP contribution < -0.4 is 10.0 Å². The third kappa shape index (κ3) is 2.31. The smallest absolute Gasteiger partial charge is 0.238 e. The summed E-state index contributed by atoms with van der Waals surface area (Å²) in [5.41, 5.74) is 0. The van der Waals surface area contributed by atoms with Gasteiger partial charge in [0.15, 0.2) is 0 Å². The normalized spacial score (nSPS) is 31.5. The molecule has 2 fully saturated rings. The maximum Gasteiger partial charge on any atom is 0.238 e. The number of carbonyl (C=O) groups is 1. The molecule has 0 spiro atoms. The molecule has 0 aromatic heterocycles. The van der Waals surface area contributed by atoms with E-state index in [1.165, 1.54) is 0 Å². The molecule has 1 amide bonds. The SMILES string of the molecule is CC1NCCC1C(=O)NS(=O)(=O)C1CC1. The van der Waals surface area contributed by atoms with E-state index < -0.39 is 10.0 Å². The van der Waals surface area contributed by atoms with Crippen molar-refractivity contribution >= 4 is 15.9 Å². The fourth-order valence-electron chi connectivity index (χ4n) is 1.89. The van der Waals surface area contributed by atoms with Crippen LogP contribution in [0.4, 0.5) is 0 Å². The van der Waals surface area contributed by atoms with E-state index in [9.17, 15) is 13.2 Å². The maximum absolute atomic E-state index is 11.7. The molecule has 2 atom stereocenters. The number of sulfonamides is 1. The summed E-state index contributed by atoms with van der Waals surface area (Å²) in [6.45, 7) is 2.68. The highest BCUT2D eigenvalue weighted by Crippen LogP contribution is 2.28. The summed E-state index contributed by atoms with van der Waals surface area (Å²) >= 11 is 0. The van der Waals surface area contributed by atoms with Crippen molar-refractivity contribution in [2.24, 2.45) is 5.92 Å². The summed E-state index contributed by atoms with van der Waals surface area (Å²) in [7, 11) is -3.37. The molecule has 5 nitrogen and oxygen atoms in total. The summed E-state index contributed by atoms with van der Waals surface area (Å²) in [6.07, 6.45) is 2.08. The Morgan fingerprint density at radius 2 is 2.00 bits per heavy atom. The molecule has 0 bridgehead atoms. The molecule has 2 N–H and O–H groups in total. The zero-order chi connectivity index (χ0) is 11.1. The van der Waals surface area contributed by atoms with E-state index in [4.69, 9.17) is 0 Å². The average molecular weight is 232 g/mol. The Morgan fingerprint density at radius 3 is 2.47 bits per heavy atom. The van der Waals surface area contributed by atoms with E-state index in [-0.39, 0.29) is 23.1 Å². The first kappa shape index (κ1) is 10.9.